The third-order valence-corrected chi connectivity index (χ3v) is 6.28. The summed E-state index contributed by atoms with van der Waals surface area (Å²) in [5.41, 5.74) is 0. The van der Waals surface area contributed by atoms with Crippen LogP contribution in [0.2, 0.25) is 0 Å². The highest BCUT2D eigenvalue weighted by atomic mass is 32.1. The molecule has 1 aromatic heterocycles. The second-order valence-corrected chi connectivity index (χ2v) is 8.42. The fourth-order valence-electron chi connectivity index (χ4n) is 3.63. The number of likely N-dealkylation sites (tertiary alicyclic amines) is 1. The number of hydrogen-bond acceptors (Lipinski definition) is 5. The number of anilines is 1. The molecule has 5 nitrogen and oxygen atoms in total. The van der Waals surface area contributed by atoms with Gasteiger partial charge < -0.3 is 15.3 Å². The van der Waals surface area contributed by atoms with Crippen molar-refractivity contribution in [3.63, 3.8) is 0 Å². The molecule has 134 valence electrons. The van der Waals surface area contributed by atoms with Gasteiger partial charge in [-0.2, -0.15) is 4.98 Å². The van der Waals surface area contributed by atoms with Crippen molar-refractivity contribution < 1.29 is 9.90 Å². The number of hydrogen-bond donors (Lipinski definition) is 2. The van der Waals surface area contributed by atoms with E-state index in [1.54, 1.807) is 0 Å². The Morgan fingerprint density at radius 2 is 1.88 bits per heavy atom. The molecule has 0 unspecified atom stereocenters. The van der Waals surface area contributed by atoms with Gasteiger partial charge in [-0.3, -0.25) is 4.79 Å². The maximum Gasteiger partial charge on any atom is 0.228 e. The summed E-state index contributed by atoms with van der Waals surface area (Å²) < 4.78 is 0. The van der Waals surface area contributed by atoms with Crippen LogP contribution in [-0.4, -0.2) is 40.0 Å². The minimum Gasteiger partial charge on any atom is -0.492 e. The first-order chi connectivity index (χ1) is 11.6. The fourth-order valence-corrected chi connectivity index (χ4v) is 4.55. The molecule has 0 spiro atoms. The van der Waals surface area contributed by atoms with Gasteiger partial charge in [-0.25, -0.2) is 0 Å². The molecule has 2 fully saturated rings. The number of piperidine rings is 1. The molecule has 0 bridgehead atoms. The van der Waals surface area contributed by atoms with Crippen molar-refractivity contribution in [3.8, 4) is 5.88 Å². The zero-order valence-electron chi connectivity index (χ0n) is 14.6. The van der Waals surface area contributed by atoms with E-state index >= 15 is 0 Å². The monoisotopic (exact) mass is 351 g/mol. The lowest BCUT2D eigenvalue weighted by Gasteiger charge is -2.30. The summed E-state index contributed by atoms with van der Waals surface area (Å²) in [5.74, 6) is 0.845. The highest BCUT2D eigenvalue weighted by Crippen LogP contribution is 2.31. The number of thiazole rings is 1. The van der Waals surface area contributed by atoms with Gasteiger partial charge in [0, 0.05) is 19.1 Å². The van der Waals surface area contributed by atoms with Gasteiger partial charge in [0.2, 0.25) is 11.8 Å². The number of amides is 1. The lowest BCUT2D eigenvalue weighted by atomic mass is 9.99. The van der Waals surface area contributed by atoms with Gasteiger partial charge in [0.05, 0.1) is 11.3 Å². The van der Waals surface area contributed by atoms with Crippen LogP contribution >= 0.6 is 11.3 Å². The van der Waals surface area contributed by atoms with Crippen molar-refractivity contribution in [2.75, 3.05) is 18.4 Å². The van der Waals surface area contributed by atoms with Gasteiger partial charge in [0.15, 0.2) is 5.13 Å². The van der Waals surface area contributed by atoms with Gasteiger partial charge >= 0.3 is 0 Å². The highest BCUT2D eigenvalue weighted by Gasteiger charge is 2.23. The maximum atomic E-state index is 12.4. The standard InChI is InChI=1S/C18H29N3O2S/c1-13-8-10-21(11-9-13)16(22)12-15-17(23)20-18(24-15)19-14-6-4-2-3-5-7-14/h13-14,23H,2-12H2,1H3,(H,19,20). The molecule has 3 rings (SSSR count). The zero-order valence-corrected chi connectivity index (χ0v) is 15.4. The van der Waals surface area contributed by atoms with E-state index < -0.39 is 0 Å². The van der Waals surface area contributed by atoms with Crippen LogP contribution in [0.5, 0.6) is 5.88 Å². The van der Waals surface area contributed by atoms with E-state index in [1.807, 2.05) is 4.90 Å². The number of carbonyl (C=O) groups excluding carboxylic acids is 1. The van der Waals surface area contributed by atoms with Crippen LogP contribution in [-0.2, 0) is 11.2 Å². The molecule has 1 saturated carbocycles. The number of carbonyl (C=O) groups is 1. The van der Waals surface area contributed by atoms with Crippen LogP contribution in [0.1, 0.15) is 63.2 Å². The average Bonchev–Trinajstić information content (AvgIpc) is 2.76. The van der Waals surface area contributed by atoms with Crippen LogP contribution < -0.4 is 5.32 Å². The molecule has 2 heterocycles. The van der Waals surface area contributed by atoms with E-state index in [1.165, 1.54) is 49.9 Å². The Bertz CT molecular complexity index is 544. The normalized spacial score (nSPS) is 20.8. The summed E-state index contributed by atoms with van der Waals surface area (Å²) in [5, 5.41) is 14.3. The van der Waals surface area contributed by atoms with Gasteiger partial charge in [0.1, 0.15) is 0 Å². The van der Waals surface area contributed by atoms with E-state index in [-0.39, 0.29) is 18.2 Å². The van der Waals surface area contributed by atoms with Crippen molar-refractivity contribution in [1.82, 2.24) is 9.88 Å². The third-order valence-electron chi connectivity index (χ3n) is 5.31. The fraction of sp³-hybridized carbons (Fsp3) is 0.778. The minimum absolute atomic E-state index is 0.0230. The molecule has 6 heteroatoms. The summed E-state index contributed by atoms with van der Waals surface area (Å²) in [4.78, 5) is 19.3. The number of aromatic nitrogens is 1. The molecular weight excluding hydrogens is 322 g/mol. The van der Waals surface area contributed by atoms with Gasteiger partial charge in [-0.15, -0.1) is 0 Å². The first-order valence-corrected chi connectivity index (χ1v) is 10.2. The average molecular weight is 352 g/mol. The van der Waals surface area contributed by atoms with Gasteiger partial charge in [0.25, 0.3) is 0 Å². The molecule has 1 amide bonds. The zero-order chi connectivity index (χ0) is 16.9. The third kappa shape index (κ3) is 4.62. The molecule has 0 aromatic carbocycles. The number of nitrogens with zero attached hydrogens (tertiary/aromatic N) is 2. The predicted octanol–water partition coefficient (Wildman–Crippen LogP) is 3.78. The highest BCUT2D eigenvalue weighted by molar-refractivity contribution is 7.16. The van der Waals surface area contributed by atoms with E-state index in [9.17, 15) is 9.90 Å². The summed E-state index contributed by atoms with van der Waals surface area (Å²) in [6, 6.07) is 0.449. The molecular formula is C18H29N3O2S. The van der Waals surface area contributed by atoms with Crippen LogP contribution in [0.3, 0.4) is 0 Å². The topological polar surface area (TPSA) is 65.5 Å². The molecule has 0 atom stereocenters. The second-order valence-electron chi connectivity index (χ2n) is 7.34. The van der Waals surface area contributed by atoms with Crippen molar-refractivity contribution in [2.24, 2.45) is 5.92 Å². The van der Waals surface area contributed by atoms with Crippen LogP contribution in [0.4, 0.5) is 5.13 Å². The van der Waals surface area contributed by atoms with E-state index in [4.69, 9.17) is 0 Å². The molecule has 1 saturated heterocycles. The number of rotatable bonds is 4. The Balaban J connectivity index is 1.56. The molecule has 1 aliphatic heterocycles. The Morgan fingerprint density at radius 1 is 1.21 bits per heavy atom. The molecule has 0 radical (unpaired) electrons. The van der Waals surface area contributed by atoms with Gasteiger partial charge in [-0.05, 0) is 31.6 Å². The summed E-state index contributed by atoms with van der Waals surface area (Å²) in [6.45, 7) is 3.92. The van der Waals surface area contributed by atoms with Gasteiger partial charge in [-0.1, -0.05) is 43.9 Å². The first kappa shape index (κ1) is 17.5. The largest absolute Gasteiger partial charge is 0.492 e. The Hall–Kier alpha value is -1.30. The Morgan fingerprint density at radius 3 is 2.54 bits per heavy atom. The molecule has 2 N–H and O–H groups in total. The first-order valence-electron chi connectivity index (χ1n) is 9.35. The van der Waals surface area contributed by atoms with Crippen LogP contribution in [0.25, 0.3) is 0 Å². The van der Waals surface area contributed by atoms with E-state index in [0.29, 0.717) is 16.8 Å². The number of nitrogens with one attached hydrogen (secondary N) is 1. The summed E-state index contributed by atoms with van der Waals surface area (Å²) >= 11 is 1.43. The SMILES string of the molecule is CC1CCN(C(=O)Cc2sc(NC3CCCCCC3)nc2O)CC1. The number of aromatic hydroxyl groups is 1. The Kier molecular flexibility index (Phi) is 5.98. The van der Waals surface area contributed by atoms with E-state index in [0.717, 1.165) is 31.1 Å². The molecule has 2 aliphatic rings. The van der Waals surface area contributed by atoms with Crippen LogP contribution in [0, 0.1) is 5.92 Å². The lowest BCUT2D eigenvalue weighted by Crippen LogP contribution is -2.38. The maximum absolute atomic E-state index is 12.4. The molecule has 24 heavy (non-hydrogen) atoms. The summed E-state index contributed by atoms with van der Waals surface area (Å²) in [6.07, 6.45) is 9.90. The molecule has 1 aromatic rings. The van der Waals surface area contributed by atoms with E-state index in [2.05, 4.69) is 17.2 Å². The van der Waals surface area contributed by atoms with Crippen molar-refractivity contribution in [2.45, 2.75) is 70.8 Å². The van der Waals surface area contributed by atoms with Crippen molar-refractivity contribution in [1.29, 1.82) is 0 Å². The van der Waals surface area contributed by atoms with Crippen molar-refractivity contribution in [3.05, 3.63) is 4.88 Å². The van der Waals surface area contributed by atoms with Crippen LogP contribution in [0.15, 0.2) is 0 Å². The minimum atomic E-state index is 0.0230. The Labute approximate surface area is 148 Å². The lowest BCUT2D eigenvalue weighted by molar-refractivity contribution is -0.131. The summed E-state index contributed by atoms with van der Waals surface area (Å²) in [7, 11) is 0. The quantitative estimate of drug-likeness (QED) is 0.810. The predicted molar refractivity (Wildman–Crippen MR) is 97.6 cm³/mol. The second kappa shape index (κ2) is 8.19. The molecule has 1 aliphatic carbocycles. The van der Waals surface area contributed by atoms with Crippen molar-refractivity contribution >= 4 is 22.4 Å². The smallest absolute Gasteiger partial charge is 0.228 e.